The molecular weight excluding hydrogens is 304 g/mol. The molecule has 0 bridgehead atoms. The van der Waals surface area contributed by atoms with E-state index in [-0.39, 0.29) is 6.61 Å². The number of nitrogens with two attached hydrogens (primary N) is 1. The second-order valence-electron chi connectivity index (χ2n) is 5.79. The normalized spacial score (nSPS) is 14.6. The first-order chi connectivity index (χ1) is 11.6. The third-order valence-electron chi connectivity index (χ3n) is 3.98. The number of nitrogens with one attached hydrogen (secondary N) is 1. The van der Waals surface area contributed by atoms with Gasteiger partial charge in [-0.15, -0.1) is 0 Å². The maximum absolute atomic E-state index is 12.2. The average molecular weight is 328 g/mol. The van der Waals surface area contributed by atoms with Gasteiger partial charge >= 0.3 is 0 Å². The Hall–Kier alpha value is -2.21. The van der Waals surface area contributed by atoms with Crippen LogP contribution in [0.2, 0.25) is 0 Å². The highest BCUT2D eigenvalue weighted by Crippen LogP contribution is 2.13. The largest absolute Gasteiger partial charge is 0.394 e. The molecule has 128 valence electrons. The van der Waals surface area contributed by atoms with Crippen molar-refractivity contribution in [1.82, 2.24) is 5.32 Å². The Balaban J connectivity index is 1.88. The molecule has 0 saturated carbocycles. The minimum atomic E-state index is -1.31. The summed E-state index contributed by atoms with van der Waals surface area (Å²) in [7, 11) is 0. The molecule has 0 heterocycles. The van der Waals surface area contributed by atoms with E-state index < -0.39 is 24.1 Å². The number of rotatable bonds is 8. The Morgan fingerprint density at radius 3 is 2.21 bits per heavy atom. The van der Waals surface area contributed by atoms with Gasteiger partial charge in [0.1, 0.15) is 6.10 Å². The summed E-state index contributed by atoms with van der Waals surface area (Å²) >= 11 is 0. The van der Waals surface area contributed by atoms with Gasteiger partial charge in [0, 0.05) is 6.04 Å². The second-order valence-corrected chi connectivity index (χ2v) is 5.79. The number of benzene rings is 2. The summed E-state index contributed by atoms with van der Waals surface area (Å²) in [6, 6.07) is 17.7. The van der Waals surface area contributed by atoms with Crippen LogP contribution >= 0.6 is 0 Å². The molecule has 0 aromatic heterocycles. The van der Waals surface area contributed by atoms with Crippen molar-refractivity contribution >= 4 is 5.91 Å². The Kier molecular flexibility index (Phi) is 6.93. The predicted octanol–water partition coefficient (Wildman–Crippen LogP) is 1.16. The number of aryl methyl sites for hydroxylation is 1. The van der Waals surface area contributed by atoms with Gasteiger partial charge in [-0.1, -0.05) is 60.7 Å². The Labute approximate surface area is 142 Å². The third kappa shape index (κ3) is 5.16. The number of carbonyl (C=O) groups excluding carboxylic acids is 1. The molecule has 5 heteroatoms. The Morgan fingerprint density at radius 2 is 1.62 bits per heavy atom. The van der Waals surface area contributed by atoms with Crippen LogP contribution in [0, 0.1) is 0 Å². The van der Waals surface area contributed by atoms with E-state index >= 15 is 0 Å². The van der Waals surface area contributed by atoms with Gasteiger partial charge in [0.25, 0.3) is 5.91 Å². The summed E-state index contributed by atoms with van der Waals surface area (Å²) in [5, 5.41) is 22.3. The summed E-state index contributed by atoms with van der Waals surface area (Å²) in [5.74, 6) is -0.571. The lowest BCUT2D eigenvalue weighted by atomic mass is 10.0. The topological polar surface area (TPSA) is 95.6 Å². The lowest BCUT2D eigenvalue weighted by Crippen LogP contribution is -2.48. The molecule has 1 amide bonds. The minimum absolute atomic E-state index is 0.248. The molecule has 0 radical (unpaired) electrons. The molecule has 0 saturated heterocycles. The Morgan fingerprint density at radius 1 is 1.04 bits per heavy atom. The molecule has 3 atom stereocenters. The minimum Gasteiger partial charge on any atom is -0.394 e. The Bertz CT molecular complexity index is 619. The van der Waals surface area contributed by atoms with E-state index in [1.165, 1.54) is 0 Å². The van der Waals surface area contributed by atoms with Crippen LogP contribution in [0.3, 0.4) is 0 Å². The van der Waals surface area contributed by atoms with Gasteiger partial charge in [0.05, 0.1) is 12.6 Å². The van der Waals surface area contributed by atoms with Crippen molar-refractivity contribution in [2.75, 3.05) is 6.61 Å². The van der Waals surface area contributed by atoms with Gasteiger partial charge in [-0.2, -0.15) is 0 Å². The molecule has 5 N–H and O–H groups in total. The van der Waals surface area contributed by atoms with E-state index in [1.54, 1.807) is 0 Å². The summed E-state index contributed by atoms with van der Waals surface area (Å²) < 4.78 is 0. The SMILES string of the molecule is N[C@H](CCc1ccccc1)[C@H](O)C(=O)N[C@@H](CO)c1ccccc1. The first kappa shape index (κ1) is 18.1. The standard InChI is InChI=1S/C19H24N2O3/c20-16(12-11-14-7-3-1-4-8-14)18(23)19(24)21-17(13-22)15-9-5-2-6-10-15/h1-10,16-18,22-23H,11-13,20H2,(H,21,24)/t16-,17+,18+/m1/s1. The number of amides is 1. The van der Waals surface area contributed by atoms with Gasteiger partial charge < -0.3 is 21.3 Å². The van der Waals surface area contributed by atoms with Crippen LogP contribution in [0.1, 0.15) is 23.6 Å². The molecule has 0 spiro atoms. The van der Waals surface area contributed by atoms with Crippen LogP contribution in [0.15, 0.2) is 60.7 Å². The lowest BCUT2D eigenvalue weighted by Gasteiger charge is -2.22. The van der Waals surface area contributed by atoms with Crippen LogP contribution in [0.5, 0.6) is 0 Å². The van der Waals surface area contributed by atoms with E-state index in [9.17, 15) is 15.0 Å². The van der Waals surface area contributed by atoms with E-state index in [4.69, 9.17) is 5.73 Å². The number of aliphatic hydroxyl groups is 2. The maximum atomic E-state index is 12.2. The van der Waals surface area contributed by atoms with Crippen LogP contribution in [-0.2, 0) is 11.2 Å². The van der Waals surface area contributed by atoms with Crippen molar-refractivity contribution in [3.63, 3.8) is 0 Å². The molecular formula is C19H24N2O3. The fourth-order valence-electron chi connectivity index (χ4n) is 2.51. The van der Waals surface area contributed by atoms with Gasteiger partial charge in [-0.05, 0) is 24.0 Å². The molecule has 2 aromatic carbocycles. The number of carbonyl (C=O) groups is 1. The molecule has 2 aromatic rings. The van der Waals surface area contributed by atoms with E-state index in [0.717, 1.165) is 11.1 Å². The fourth-order valence-corrected chi connectivity index (χ4v) is 2.51. The van der Waals surface area contributed by atoms with Gasteiger partial charge in [0.2, 0.25) is 0 Å². The van der Waals surface area contributed by atoms with Crippen LogP contribution in [0.25, 0.3) is 0 Å². The zero-order valence-electron chi connectivity index (χ0n) is 13.5. The van der Waals surface area contributed by atoms with Crippen molar-refractivity contribution < 1.29 is 15.0 Å². The average Bonchev–Trinajstić information content (AvgIpc) is 2.64. The summed E-state index contributed by atoms with van der Waals surface area (Å²) in [5.41, 5.74) is 7.83. The van der Waals surface area contributed by atoms with Crippen LogP contribution < -0.4 is 11.1 Å². The number of hydrogen-bond donors (Lipinski definition) is 4. The summed E-state index contributed by atoms with van der Waals surface area (Å²) in [6.07, 6.45) is -0.131. The fraction of sp³-hybridized carbons (Fsp3) is 0.316. The molecule has 2 rings (SSSR count). The highest BCUT2D eigenvalue weighted by Gasteiger charge is 2.25. The monoisotopic (exact) mass is 328 g/mol. The first-order valence-corrected chi connectivity index (χ1v) is 8.05. The van der Waals surface area contributed by atoms with Gasteiger partial charge in [0.15, 0.2) is 0 Å². The molecule has 24 heavy (non-hydrogen) atoms. The van der Waals surface area contributed by atoms with E-state index in [0.29, 0.717) is 12.8 Å². The van der Waals surface area contributed by atoms with Crippen molar-refractivity contribution in [3.8, 4) is 0 Å². The van der Waals surface area contributed by atoms with Crippen molar-refractivity contribution in [2.45, 2.75) is 31.0 Å². The molecule has 5 nitrogen and oxygen atoms in total. The van der Waals surface area contributed by atoms with Gasteiger partial charge in [-0.3, -0.25) is 4.79 Å². The molecule has 0 aliphatic carbocycles. The molecule has 0 fully saturated rings. The number of hydrogen-bond acceptors (Lipinski definition) is 4. The summed E-state index contributed by atoms with van der Waals surface area (Å²) in [6.45, 7) is -0.248. The highest BCUT2D eigenvalue weighted by molar-refractivity contribution is 5.81. The maximum Gasteiger partial charge on any atom is 0.251 e. The molecule has 0 unspecified atom stereocenters. The number of aliphatic hydroxyl groups excluding tert-OH is 2. The summed E-state index contributed by atoms with van der Waals surface area (Å²) in [4.78, 5) is 12.2. The van der Waals surface area contributed by atoms with E-state index in [1.807, 2.05) is 60.7 Å². The zero-order chi connectivity index (χ0) is 17.4. The quantitative estimate of drug-likeness (QED) is 0.585. The van der Waals surface area contributed by atoms with Crippen LogP contribution in [-0.4, -0.2) is 34.9 Å². The van der Waals surface area contributed by atoms with Crippen molar-refractivity contribution in [2.24, 2.45) is 5.73 Å². The molecule has 0 aliphatic rings. The van der Waals surface area contributed by atoms with Crippen LogP contribution in [0.4, 0.5) is 0 Å². The smallest absolute Gasteiger partial charge is 0.251 e. The second kappa shape index (κ2) is 9.17. The van der Waals surface area contributed by atoms with Crippen molar-refractivity contribution in [3.05, 3.63) is 71.8 Å². The first-order valence-electron chi connectivity index (χ1n) is 8.05. The van der Waals surface area contributed by atoms with Crippen molar-refractivity contribution in [1.29, 1.82) is 0 Å². The molecule has 0 aliphatic heterocycles. The highest BCUT2D eigenvalue weighted by atomic mass is 16.3. The lowest BCUT2D eigenvalue weighted by molar-refractivity contribution is -0.131. The van der Waals surface area contributed by atoms with Gasteiger partial charge in [-0.25, -0.2) is 0 Å². The zero-order valence-corrected chi connectivity index (χ0v) is 13.5. The van der Waals surface area contributed by atoms with E-state index in [2.05, 4.69) is 5.32 Å². The predicted molar refractivity (Wildman–Crippen MR) is 93.2 cm³/mol. The third-order valence-corrected chi connectivity index (χ3v) is 3.98.